The third kappa shape index (κ3) is 4.95. The number of aromatic hydroxyl groups is 1. The van der Waals surface area contributed by atoms with E-state index >= 15 is 0 Å². The molecule has 0 saturated carbocycles. The standard InChI is InChI=1S/C20H24N2O2.C11H8O3/c1-3-13-12-22-9-7-14(13)10-19(22)20(23)16-6-8-21-18-5-4-15(24-2)11-17(16)18;12-10-6-8-4-2-1-3-7(8)5-9(10)11(13)14/h3-6,8,11,13-14,19-20,23H,1,7,9-10,12H2,2H3;1-6,12H,(H,13,14)/t13-,14?,19-,20-;/m1./s1. The number of nitrogens with zero attached hydrogens (tertiary/aromatic N) is 2. The number of pyridine rings is 1. The summed E-state index contributed by atoms with van der Waals surface area (Å²) in [6, 6.07) is 18.2. The highest BCUT2D eigenvalue weighted by Crippen LogP contribution is 2.42. The molecule has 4 heterocycles. The number of rotatable bonds is 5. The molecule has 7 nitrogen and oxygen atoms in total. The number of aliphatic hydroxyl groups excluding tert-OH is 1. The number of benzene rings is 3. The van der Waals surface area contributed by atoms with Crippen molar-refractivity contribution in [3.05, 3.63) is 90.6 Å². The number of phenols is 1. The summed E-state index contributed by atoms with van der Waals surface area (Å²) in [7, 11) is 1.66. The Morgan fingerprint density at radius 3 is 2.58 bits per heavy atom. The number of carbonyl (C=O) groups is 1. The maximum absolute atomic E-state index is 11.2. The number of ether oxygens (including phenoxy) is 1. The molecule has 4 aromatic rings. The first-order chi connectivity index (χ1) is 18.4. The maximum atomic E-state index is 11.2. The fourth-order valence-electron chi connectivity index (χ4n) is 5.84. The summed E-state index contributed by atoms with van der Waals surface area (Å²) in [5.41, 5.74) is 1.78. The molecule has 3 fully saturated rings. The summed E-state index contributed by atoms with van der Waals surface area (Å²) >= 11 is 0. The highest BCUT2D eigenvalue weighted by atomic mass is 16.5. The minimum Gasteiger partial charge on any atom is -0.507 e. The smallest absolute Gasteiger partial charge is 0.339 e. The maximum Gasteiger partial charge on any atom is 0.339 e. The molecule has 2 unspecified atom stereocenters. The van der Waals surface area contributed by atoms with Gasteiger partial charge in [0.1, 0.15) is 17.1 Å². The molecule has 0 aliphatic carbocycles. The Bertz CT molecular complexity index is 1490. The van der Waals surface area contributed by atoms with Crippen LogP contribution in [0.25, 0.3) is 21.7 Å². The Morgan fingerprint density at radius 1 is 1.16 bits per heavy atom. The lowest BCUT2D eigenvalue weighted by atomic mass is 9.73. The van der Waals surface area contributed by atoms with Gasteiger partial charge in [0.15, 0.2) is 0 Å². The summed E-state index contributed by atoms with van der Waals surface area (Å²) in [6.45, 7) is 6.07. The van der Waals surface area contributed by atoms with E-state index in [9.17, 15) is 15.0 Å². The third-order valence-corrected chi connectivity index (χ3v) is 7.91. The number of fused-ring (bicyclic) bond motifs is 5. The average Bonchev–Trinajstić information content (AvgIpc) is 2.96. The first kappa shape index (κ1) is 25.7. The molecule has 3 N–H and O–H groups in total. The van der Waals surface area contributed by atoms with Crippen molar-refractivity contribution in [2.24, 2.45) is 11.8 Å². The molecular formula is C31H32N2O5. The number of aromatic carboxylic acids is 1. The zero-order valence-electron chi connectivity index (χ0n) is 21.3. The van der Waals surface area contributed by atoms with Crippen LogP contribution >= 0.6 is 0 Å². The van der Waals surface area contributed by atoms with Crippen LogP contribution in [0.4, 0.5) is 0 Å². The van der Waals surface area contributed by atoms with Gasteiger partial charge in [0.25, 0.3) is 0 Å². The molecule has 0 amide bonds. The third-order valence-electron chi connectivity index (χ3n) is 7.91. The van der Waals surface area contributed by atoms with Gasteiger partial charge in [-0.05, 0) is 84.0 Å². The van der Waals surface area contributed by atoms with Crippen LogP contribution in [-0.2, 0) is 0 Å². The second-order valence-corrected chi connectivity index (χ2v) is 10.00. The Balaban J connectivity index is 0.000000179. The van der Waals surface area contributed by atoms with Crippen molar-refractivity contribution in [2.75, 3.05) is 20.2 Å². The Morgan fingerprint density at radius 2 is 1.92 bits per heavy atom. The summed E-state index contributed by atoms with van der Waals surface area (Å²) in [4.78, 5) is 17.6. The summed E-state index contributed by atoms with van der Waals surface area (Å²) < 4.78 is 5.35. The first-order valence-corrected chi connectivity index (χ1v) is 12.8. The molecule has 3 aromatic carbocycles. The zero-order valence-corrected chi connectivity index (χ0v) is 21.3. The number of hydrogen-bond acceptors (Lipinski definition) is 6. The van der Waals surface area contributed by atoms with Crippen LogP contribution in [0.5, 0.6) is 11.5 Å². The van der Waals surface area contributed by atoms with Crippen molar-refractivity contribution in [3.8, 4) is 11.5 Å². The predicted octanol–water partition coefficient (Wildman–Crippen LogP) is 5.42. The lowest BCUT2D eigenvalue weighted by molar-refractivity contribution is -0.0444. The van der Waals surface area contributed by atoms with Gasteiger partial charge in [-0.1, -0.05) is 30.3 Å². The molecule has 2 bridgehead atoms. The lowest BCUT2D eigenvalue weighted by Gasteiger charge is -2.50. The highest BCUT2D eigenvalue weighted by molar-refractivity contribution is 5.97. The van der Waals surface area contributed by atoms with E-state index in [1.165, 1.54) is 18.6 Å². The van der Waals surface area contributed by atoms with E-state index in [2.05, 4.69) is 22.5 Å². The lowest BCUT2D eigenvalue weighted by Crippen LogP contribution is -2.54. The summed E-state index contributed by atoms with van der Waals surface area (Å²) in [5, 5.41) is 31.9. The molecule has 0 spiro atoms. The van der Waals surface area contributed by atoms with Crippen molar-refractivity contribution in [2.45, 2.75) is 25.0 Å². The highest BCUT2D eigenvalue weighted by Gasteiger charge is 2.42. The Kier molecular flexibility index (Phi) is 7.31. The van der Waals surface area contributed by atoms with Gasteiger partial charge in [0, 0.05) is 24.2 Å². The summed E-state index contributed by atoms with van der Waals surface area (Å²) in [6.07, 6.45) is 5.62. The number of carboxylic acids is 1. The van der Waals surface area contributed by atoms with E-state index < -0.39 is 12.1 Å². The Hall–Kier alpha value is -3.94. The number of aliphatic hydroxyl groups is 1. The van der Waals surface area contributed by atoms with Gasteiger partial charge in [-0.15, -0.1) is 6.58 Å². The quantitative estimate of drug-likeness (QED) is 0.307. The van der Waals surface area contributed by atoms with E-state index in [4.69, 9.17) is 9.84 Å². The number of hydrogen-bond donors (Lipinski definition) is 3. The molecule has 1 aromatic heterocycles. The molecular weight excluding hydrogens is 480 g/mol. The normalized spacial score (nSPS) is 22.9. The van der Waals surface area contributed by atoms with Gasteiger partial charge in [0.2, 0.25) is 0 Å². The molecule has 5 atom stereocenters. The topological polar surface area (TPSA) is 103 Å². The number of piperidine rings is 3. The molecule has 7 heteroatoms. The monoisotopic (exact) mass is 512 g/mol. The van der Waals surface area contributed by atoms with Crippen molar-refractivity contribution in [3.63, 3.8) is 0 Å². The van der Waals surface area contributed by atoms with Crippen molar-refractivity contribution >= 4 is 27.6 Å². The van der Waals surface area contributed by atoms with E-state index in [1.54, 1.807) is 19.4 Å². The van der Waals surface area contributed by atoms with Crippen molar-refractivity contribution in [1.82, 2.24) is 9.88 Å². The van der Waals surface area contributed by atoms with Gasteiger partial charge in [-0.25, -0.2) is 4.79 Å². The SMILES string of the molecule is C=C[C@@H]1CN2CCC1C[C@@H]2[C@H](O)c1ccnc2ccc(OC)cc12.O=C(O)c1cc2ccccc2cc1O. The first-order valence-electron chi connectivity index (χ1n) is 12.8. The fraction of sp³-hybridized carbons (Fsp3) is 0.290. The number of methoxy groups -OCH3 is 1. The van der Waals surface area contributed by atoms with Crippen LogP contribution in [0.15, 0.2) is 79.5 Å². The second kappa shape index (κ2) is 10.8. The van der Waals surface area contributed by atoms with Gasteiger partial charge in [-0.3, -0.25) is 9.88 Å². The molecule has 3 saturated heterocycles. The van der Waals surface area contributed by atoms with E-state index in [0.717, 1.165) is 52.5 Å². The second-order valence-electron chi connectivity index (χ2n) is 10.00. The number of carboxylic acid groups (broad SMARTS) is 1. The summed E-state index contributed by atoms with van der Waals surface area (Å²) in [5.74, 6) is 0.692. The van der Waals surface area contributed by atoms with E-state index in [1.807, 2.05) is 42.5 Å². The van der Waals surface area contributed by atoms with Crippen LogP contribution in [-0.4, -0.2) is 57.4 Å². The molecule has 7 rings (SSSR count). The molecule has 38 heavy (non-hydrogen) atoms. The van der Waals surface area contributed by atoms with Crippen LogP contribution in [0.3, 0.4) is 0 Å². The predicted molar refractivity (Wildman–Crippen MR) is 148 cm³/mol. The van der Waals surface area contributed by atoms with Gasteiger partial charge in [0.05, 0.1) is 18.7 Å². The van der Waals surface area contributed by atoms with E-state index in [-0.39, 0.29) is 17.4 Å². The zero-order chi connectivity index (χ0) is 26.8. The van der Waals surface area contributed by atoms with Crippen LogP contribution in [0.1, 0.15) is 34.9 Å². The Labute approximate surface area is 221 Å². The minimum absolute atomic E-state index is 0.0660. The van der Waals surface area contributed by atoms with Gasteiger partial charge < -0.3 is 20.1 Å². The van der Waals surface area contributed by atoms with Crippen LogP contribution < -0.4 is 4.74 Å². The average molecular weight is 513 g/mol. The fourth-order valence-corrected chi connectivity index (χ4v) is 5.84. The molecule has 0 radical (unpaired) electrons. The van der Waals surface area contributed by atoms with Gasteiger partial charge in [-0.2, -0.15) is 0 Å². The molecule has 3 aliphatic heterocycles. The van der Waals surface area contributed by atoms with Crippen LogP contribution in [0, 0.1) is 11.8 Å². The van der Waals surface area contributed by atoms with Crippen LogP contribution in [0.2, 0.25) is 0 Å². The van der Waals surface area contributed by atoms with Gasteiger partial charge >= 0.3 is 5.97 Å². The van der Waals surface area contributed by atoms with Crippen molar-refractivity contribution < 1.29 is 24.9 Å². The van der Waals surface area contributed by atoms with Crippen molar-refractivity contribution in [1.29, 1.82) is 0 Å². The molecule has 3 aliphatic rings. The van der Waals surface area contributed by atoms with E-state index in [0.29, 0.717) is 11.8 Å². The molecule has 196 valence electrons. The minimum atomic E-state index is -1.12. The number of aromatic nitrogens is 1. The largest absolute Gasteiger partial charge is 0.507 e.